The fourth-order valence-corrected chi connectivity index (χ4v) is 10.0. The second kappa shape index (κ2) is 5.21. The first-order valence-corrected chi connectivity index (χ1v) is 11.9. The van der Waals surface area contributed by atoms with Gasteiger partial charge in [-0.3, -0.25) is 4.79 Å². The fraction of sp³-hybridized carbons (Fsp3) is 0.731. The maximum Gasteiger partial charge on any atom is 0.161 e. The largest absolute Gasteiger partial charge is 0.472 e. The number of ketones is 1. The Bertz CT molecular complexity index is 1010. The summed E-state index contributed by atoms with van der Waals surface area (Å²) in [5, 5.41) is 12.0. The fourth-order valence-electron chi connectivity index (χ4n) is 10.0. The first-order valence-electron chi connectivity index (χ1n) is 11.9. The van der Waals surface area contributed by atoms with E-state index in [2.05, 4.69) is 33.8 Å². The summed E-state index contributed by atoms with van der Waals surface area (Å²) >= 11 is 0. The van der Waals surface area contributed by atoms with Gasteiger partial charge >= 0.3 is 0 Å². The van der Waals surface area contributed by atoms with Gasteiger partial charge in [0.25, 0.3) is 0 Å². The van der Waals surface area contributed by atoms with Crippen molar-refractivity contribution in [1.82, 2.24) is 0 Å². The van der Waals surface area contributed by atoms with E-state index in [9.17, 15) is 9.90 Å². The third-order valence-electron chi connectivity index (χ3n) is 11.3. The Labute approximate surface area is 183 Å². The molecular weight excluding hydrogens is 392 g/mol. The van der Waals surface area contributed by atoms with Crippen LogP contribution in [0.4, 0.5) is 0 Å². The molecule has 1 spiro atoms. The Kier molecular flexibility index (Phi) is 3.21. The van der Waals surface area contributed by atoms with E-state index in [1.807, 2.05) is 12.3 Å². The molecule has 0 unspecified atom stereocenters. The van der Waals surface area contributed by atoms with Crippen LogP contribution >= 0.6 is 0 Å². The number of rotatable bonds is 1. The van der Waals surface area contributed by atoms with E-state index in [1.165, 1.54) is 5.56 Å². The zero-order valence-electron chi connectivity index (χ0n) is 18.8. The molecule has 31 heavy (non-hydrogen) atoms. The molecule has 11 atom stereocenters. The molecule has 5 nitrogen and oxygen atoms in total. The second-order valence-electron chi connectivity index (χ2n) is 12.2. The molecule has 1 aromatic rings. The molecule has 5 heteroatoms. The van der Waals surface area contributed by atoms with Crippen molar-refractivity contribution in [3.05, 3.63) is 36.3 Å². The molecule has 7 rings (SSSR count). The summed E-state index contributed by atoms with van der Waals surface area (Å²) < 4.78 is 18.4. The van der Waals surface area contributed by atoms with Crippen LogP contribution in [0.5, 0.6) is 0 Å². The lowest BCUT2D eigenvalue weighted by atomic mass is 9.36. The van der Waals surface area contributed by atoms with Gasteiger partial charge in [-0.1, -0.05) is 33.8 Å². The van der Waals surface area contributed by atoms with Crippen molar-refractivity contribution in [2.24, 2.45) is 33.5 Å². The molecule has 0 radical (unpaired) electrons. The molecule has 4 aliphatic carbocycles. The van der Waals surface area contributed by atoms with Crippen molar-refractivity contribution in [2.45, 2.75) is 76.8 Å². The predicted octanol–water partition coefficient (Wildman–Crippen LogP) is 3.87. The highest BCUT2D eigenvalue weighted by atomic mass is 16.6. The predicted molar refractivity (Wildman–Crippen MR) is 112 cm³/mol. The van der Waals surface area contributed by atoms with Gasteiger partial charge in [-0.25, -0.2) is 0 Å². The highest BCUT2D eigenvalue weighted by molar-refractivity contribution is 5.97. The van der Waals surface area contributed by atoms with Gasteiger partial charge in [-0.05, 0) is 48.8 Å². The van der Waals surface area contributed by atoms with Crippen LogP contribution in [0.25, 0.3) is 0 Å². The van der Waals surface area contributed by atoms with Gasteiger partial charge in [0.1, 0.15) is 5.60 Å². The number of hydrogen-bond donors (Lipinski definition) is 1. The van der Waals surface area contributed by atoms with Crippen LogP contribution in [0.3, 0.4) is 0 Å². The minimum atomic E-state index is -0.649. The van der Waals surface area contributed by atoms with Crippen LogP contribution in [0.15, 0.2) is 35.2 Å². The molecule has 0 aromatic carbocycles. The highest BCUT2D eigenvalue weighted by Gasteiger charge is 2.88. The van der Waals surface area contributed by atoms with Gasteiger partial charge in [0.05, 0.1) is 37.4 Å². The van der Waals surface area contributed by atoms with Crippen molar-refractivity contribution >= 4 is 5.78 Å². The van der Waals surface area contributed by atoms with Gasteiger partial charge in [-0.2, -0.15) is 0 Å². The average molecular weight is 425 g/mol. The maximum absolute atomic E-state index is 13.6. The van der Waals surface area contributed by atoms with Gasteiger partial charge in [-0.15, -0.1) is 0 Å². The zero-order chi connectivity index (χ0) is 21.6. The summed E-state index contributed by atoms with van der Waals surface area (Å²) in [6.45, 7) is 9.48. The van der Waals surface area contributed by atoms with E-state index in [0.29, 0.717) is 12.5 Å². The van der Waals surface area contributed by atoms with Crippen molar-refractivity contribution < 1.29 is 23.8 Å². The van der Waals surface area contributed by atoms with Crippen LogP contribution in [-0.4, -0.2) is 41.4 Å². The highest BCUT2D eigenvalue weighted by Crippen LogP contribution is 2.82. The van der Waals surface area contributed by atoms with E-state index in [0.717, 1.165) is 19.3 Å². The molecule has 6 aliphatic rings. The van der Waals surface area contributed by atoms with Gasteiger partial charge in [0.15, 0.2) is 5.78 Å². The lowest BCUT2D eigenvalue weighted by Crippen LogP contribution is -2.73. The number of ether oxygens (including phenoxy) is 2. The quantitative estimate of drug-likeness (QED) is 0.693. The normalized spacial score (nSPS) is 60.9. The standard InChI is InChI=1S/C26H32O5/c1-22-8-6-17(27)24(3)16-5-9-23(2)15(14-7-10-29-12-14)11-18-26(23,31-18)25(16,4)21(28)19(20(22)24)30-13-22/h6-8,10,12,15-16,18-21,28H,5,9,11,13H2,1-4H3/t15-,16+,18-,19+,20-,21+,22-,23-,24-,25-,26-/m0/s1. The molecule has 0 bridgehead atoms. The van der Waals surface area contributed by atoms with E-state index >= 15 is 0 Å². The van der Waals surface area contributed by atoms with Gasteiger partial charge in [0.2, 0.25) is 0 Å². The Morgan fingerprint density at radius 2 is 2.00 bits per heavy atom. The molecule has 1 N–H and O–H groups in total. The van der Waals surface area contributed by atoms with E-state index < -0.39 is 22.5 Å². The number of hydrogen-bond acceptors (Lipinski definition) is 5. The Balaban J connectivity index is 1.42. The monoisotopic (exact) mass is 424 g/mol. The molecular formula is C26H32O5. The minimum Gasteiger partial charge on any atom is -0.472 e. The van der Waals surface area contributed by atoms with E-state index in [1.54, 1.807) is 12.3 Å². The lowest BCUT2D eigenvalue weighted by Gasteiger charge is -2.67. The molecule has 2 aliphatic heterocycles. The molecule has 166 valence electrons. The molecule has 3 heterocycles. The molecule has 1 aromatic heterocycles. The SMILES string of the molecule is C[C@@]12C(=O)C=C[C@@]3(C)CO[C@@H]([C@@H](O)[C@]4(C)[C@@H]1CC[C@@]1(C)[C@H](c5ccoc5)C[C@@H]5O[C@]541)[C@H]23. The first kappa shape index (κ1) is 19.1. The Morgan fingerprint density at radius 1 is 1.19 bits per heavy atom. The minimum absolute atomic E-state index is 0.00889. The van der Waals surface area contributed by atoms with Crippen LogP contribution in [0.1, 0.15) is 58.4 Å². The smallest absolute Gasteiger partial charge is 0.161 e. The number of aliphatic hydroxyl groups excluding tert-OH is 1. The van der Waals surface area contributed by atoms with Crippen LogP contribution in [0.2, 0.25) is 0 Å². The van der Waals surface area contributed by atoms with Crippen molar-refractivity contribution in [3.63, 3.8) is 0 Å². The molecule has 0 amide bonds. The topological polar surface area (TPSA) is 72.2 Å². The first-order chi connectivity index (χ1) is 14.6. The van der Waals surface area contributed by atoms with Crippen LogP contribution < -0.4 is 0 Å². The lowest BCUT2D eigenvalue weighted by molar-refractivity contribution is -0.249. The molecule has 2 saturated heterocycles. The number of allylic oxidation sites excluding steroid dienone is 1. The molecule has 5 fully saturated rings. The number of epoxide rings is 1. The average Bonchev–Trinajstić information content (AvgIpc) is 3.05. The summed E-state index contributed by atoms with van der Waals surface area (Å²) in [7, 11) is 0. The Morgan fingerprint density at radius 3 is 2.74 bits per heavy atom. The zero-order valence-corrected chi connectivity index (χ0v) is 18.8. The third kappa shape index (κ3) is 1.71. The number of aliphatic hydroxyl groups is 1. The summed E-state index contributed by atoms with van der Waals surface area (Å²) in [5.41, 5.74) is -0.582. The Hall–Kier alpha value is -1.43. The van der Waals surface area contributed by atoms with Crippen molar-refractivity contribution in [1.29, 1.82) is 0 Å². The summed E-state index contributed by atoms with van der Waals surface area (Å²) in [4.78, 5) is 13.6. The number of fused-ring (bicyclic) bond motifs is 2. The van der Waals surface area contributed by atoms with Crippen LogP contribution in [-0.2, 0) is 14.3 Å². The van der Waals surface area contributed by atoms with E-state index in [-0.39, 0.29) is 40.7 Å². The molecule has 3 saturated carbocycles. The van der Waals surface area contributed by atoms with Crippen molar-refractivity contribution in [2.75, 3.05) is 6.61 Å². The third-order valence-corrected chi connectivity index (χ3v) is 11.3. The van der Waals surface area contributed by atoms with Gasteiger partial charge in [0, 0.05) is 27.6 Å². The summed E-state index contributed by atoms with van der Waals surface area (Å²) in [5.74, 6) is 0.623. The van der Waals surface area contributed by atoms with Crippen molar-refractivity contribution in [3.8, 4) is 0 Å². The second-order valence-corrected chi connectivity index (χ2v) is 12.2. The number of furan rings is 1. The van der Waals surface area contributed by atoms with Gasteiger partial charge < -0.3 is 19.0 Å². The number of carbonyl (C=O) groups is 1. The van der Waals surface area contributed by atoms with E-state index in [4.69, 9.17) is 13.9 Å². The van der Waals surface area contributed by atoms with Crippen LogP contribution in [0, 0.1) is 33.5 Å². The number of carbonyl (C=O) groups excluding carboxylic acids is 1. The maximum atomic E-state index is 13.6. The summed E-state index contributed by atoms with van der Waals surface area (Å²) in [6.07, 6.45) is 9.47. The summed E-state index contributed by atoms with van der Waals surface area (Å²) in [6, 6.07) is 2.08.